The average molecular weight is 344 g/mol. The van der Waals surface area contributed by atoms with Crippen molar-refractivity contribution in [3.8, 4) is 5.75 Å². The lowest BCUT2D eigenvalue weighted by Crippen LogP contribution is -2.30. The molecule has 0 radical (unpaired) electrons. The predicted octanol–water partition coefficient (Wildman–Crippen LogP) is 4.93. The molecule has 2 aromatic carbocycles. The molecule has 0 unspecified atom stereocenters. The molecule has 0 aromatic heterocycles. The number of aryl methyl sites for hydroxylation is 1. The molecule has 0 saturated heterocycles. The topological polar surface area (TPSA) is 38.3 Å². The number of anilines is 1. The highest BCUT2D eigenvalue weighted by Gasteiger charge is 2.20. The van der Waals surface area contributed by atoms with Gasteiger partial charge in [-0.3, -0.25) is 4.79 Å². The van der Waals surface area contributed by atoms with Crippen LogP contribution in [0.3, 0.4) is 0 Å². The Morgan fingerprint density at radius 3 is 2.75 bits per heavy atom. The van der Waals surface area contributed by atoms with Gasteiger partial charge in [-0.05, 0) is 74.4 Å². The van der Waals surface area contributed by atoms with Crippen molar-refractivity contribution >= 4 is 23.2 Å². The first kappa shape index (κ1) is 16.8. The number of hydrogen-bond acceptors (Lipinski definition) is 2. The fourth-order valence-corrected chi connectivity index (χ4v) is 3.25. The molecule has 126 valence electrons. The summed E-state index contributed by atoms with van der Waals surface area (Å²) in [7, 11) is 0. The molecule has 3 rings (SSSR count). The standard InChI is InChI=1S/C20H22ClNO2/c1-13-17(21)10-6-11-18(13)22-20(23)14(2)24-19-12-5-8-15-7-3-4-9-16(15)19/h5-6,8,10-12,14H,3-4,7,9H2,1-2H3,(H,22,23)/t14-/m0/s1. The first-order valence-corrected chi connectivity index (χ1v) is 8.77. The summed E-state index contributed by atoms with van der Waals surface area (Å²) in [4.78, 5) is 12.5. The van der Waals surface area contributed by atoms with E-state index in [2.05, 4.69) is 11.4 Å². The zero-order valence-corrected chi connectivity index (χ0v) is 14.8. The molecule has 1 aliphatic carbocycles. The summed E-state index contributed by atoms with van der Waals surface area (Å²) in [6.07, 6.45) is 3.94. The van der Waals surface area contributed by atoms with Crippen LogP contribution in [0.1, 0.15) is 36.5 Å². The van der Waals surface area contributed by atoms with Crippen LogP contribution in [0.5, 0.6) is 5.75 Å². The molecule has 0 fully saturated rings. The summed E-state index contributed by atoms with van der Waals surface area (Å²) in [5, 5.41) is 3.54. The van der Waals surface area contributed by atoms with Crippen LogP contribution in [0, 0.1) is 6.92 Å². The minimum Gasteiger partial charge on any atom is -0.481 e. The van der Waals surface area contributed by atoms with E-state index in [0.717, 1.165) is 29.8 Å². The number of halogens is 1. The van der Waals surface area contributed by atoms with Gasteiger partial charge in [-0.1, -0.05) is 29.8 Å². The Hall–Kier alpha value is -2.00. The van der Waals surface area contributed by atoms with Crippen molar-refractivity contribution in [2.75, 3.05) is 5.32 Å². The van der Waals surface area contributed by atoms with Crippen LogP contribution in [-0.4, -0.2) is 12.0 Å². The Morgan fingerprint density at radius 2 is 1.92 bits per heavy atom. The zero-order valence-electron chi connectivity index (χ0n) is 14.1. The Kier molecular flexibility index (Phi) is 5.10. The van der Waals surface area contributed by atoms with Crippen LogP contribution in [-0.2, 0) is 17.6 Å². The quantitative estimate of drug-likeness (QED) is 0.854. The molecule has 1 N–H and O–H groups in total. The number of carbonyl (C=O) groups is 1. The minimum absolute atomic E-state index is 0.172. The molecule has 0 aliphatic heterocycles. The third kappa shape index (κ3) is 3.57. The van der Waals surface area contributed by atoms with Crippen molar-refractivity contribution in [3.63, 3.8) is 0 Å². The van der Waals surface area contributed by atoms with Gasteiger partial charge in [0.15, 0.2) is 6.10 Å². The monoisotopic (exact) mass is 343 g/mol. The average Bonchev–Trinajstić information content (AvgIpc) is 2.59. The van der Waals surface area contributed by atoms with Crippen molar-refractivity contribution < 1.29 is 9.53 Å². The van der Waals surface area contributed by atoms with E-state index in [4.69, 9.17) is 16.3 Å². The van der Waals surface area contributed by atoms with Gasteiger partial charge in [-0.25, -0.2) is 0 Å². The number of rotatable bonds is 4. The lowest BCUT2D eigenvalue weighted by molar-refractivity contribution is -0.122. The SMILES string of the molecule is Cc1c(Cl)cccc1NC(=O)[C@H](C)Oc1cccc2c1CCCC2. The fraction of sp³-hybridized carbons (Fsp3) is 0.350. The van der Waals surface area contributed by atoms with E-state index in [1.54, 1.807) is 6.92 Å². The fourth-order valence-electron chi connectivity index (χ4n) is 3.08. The normalized spacial score (nSPS) is 14.6. The Balaban J connectivity index is 1.72. The van der Waals surface area contributed by atoms with E-state index in [-0.39, 0.29) is 5.91 Å². The lowest BCUT2D eigenvalue weighted by Gasteiger charge is -2.22. The van der Waals surface area contributed by atoms with E-state index < -0.39 is 6.10 Å². The van der Waals surface area contributed by atoms with Crippen LogP contribution < -0.4 is 10.1 Å². The first-order valence-electron chi connectivity index (χ1n) is 8.39. The maximum absolute atomic E-state index is 12.5. The first-order chi connectivity index (χ1) is 11.6. The van der Waals surface area contributed by atoms with Gasteiger partial charge in [0.2, 0.25) is 0 Å². The second-order valence-electron chi connectivity index (χ2n) is 6.26. The molecule has 24 heavy (non-hydrogen) atoms. The Bertz CT molecular complexity index is 757. The molecule has 0 heterocycles. The molecule has 0 spiro atoms. The number of carbonyl (C=O) groups excluding carboxylic acids is 1. The third-order valence-corrected chi connectivity index (χ3v) is 4.96. The number of fused-ring (bicyclic) bond motifs is 1. The molecule has 0 saturated carbocycles. The van der Waals surface area contributed by atoms with Crippen LogP contribution in [0.15, 0.2) is 36.4 Å². The predicted molar refractivity (Wildman–Crippen MR) is 98.0 cm³/mol. The van der Waals surface area contributed by atoms with Crippen molar-refractivity contribution in [1.29, 1.82) is 0 Å². The lowest BCUT2D eigenvalue weighted by atomic mass is 9.91. The summed E-state index contributed by atoms with van der Waals surface area (Å²) in [5.41, 5.74) is 4.18. The van der Waals surface area contributed by atoms with Gasteiger partial charge in [0.25, 0.3) is 5.91 Å². The summed E-state index contributed by atoms with van der Waals surface area (Å²) in [6, 6.07) is 11.6. The summed E-state index contributed by atoms with van der Waals surface area (Å²) < 4.78 is 5.97. The number of ether oxygens (including phenoxy) is 1. The molecular formula is C20H22ClNO2. The second-order valence-corrected chi connectivity index (χ2v) is 6.67. The third-order valence-electron chi connectivity index (χ3n) is 4.55. The van der Waals surface area contributed by atoms with E-state index in [1.807, 2.05) is 37.3 Å². The van der Waals surface area contributed by atoms with Gasteiger partial charge >= 0.3 is 0 Å². The molecular weight excluding hydrogens is 322 g/mol. The molecule has 4 heteroatoms. The van der Waals surface area contributed by atoms with Gasteiger partial charge in [-0.15, -0.1) is 0 Å². The summed E-state index contributed by atoms with van der Waals surface area (Å²) >= 11 is 6.10. The van der Waals surface area contributed by atoms with E-state index in [0.29, 0.717) is 5.02 Å². The van der Waals surface area contributed by atoms with Gasteiger partial charge in [0, 0.05) is 10.7 Å². The molecule has 1 aliphatic rings. The maximum Gasteiger partial charge on any atom is 0.265 e. The summed E-state index contributed by atoms with van der Waals surface area (Å²) in [5.74, 6) is 0.659. The van der Waals surface area contributed by atoms with E-state index in [1.165, 1.54) is 24.0 Å². The number of nitrogens with one attached hydrogen (secondary N) is 1. The molecule has 1 atom stereocenters. The van der Waals surface area contributed by atoms with Crippen LogP contribution >= 0.6 is 11.6 Å². The molecule has 0 bridgehead atoms. The van der Waals surface area contributed by atoms with Crippen molar-refractivity contribution in [3.05, 3.63) is 58.1 Å². The largest absolute Gasteiger partial charge is 0.481 e. The van der Waals surface area contributed by atoms with Crippen molar-refractivity contribution in [2.45, 2.75) is 45.6 Å². The van der Waals surface area contributed by atoms with E-state index in [9.17, 15) is 4.79 Å². The number of benzene rings is 2. The number of amides is 1. The highest BCUT2D eigenvalue weighted by Crippen LogP contribution is 2.30. The van der Waals surface area contributed by atoms with Crippen LogP contribution in [0.25, 0.3) is 0 Å². The van der Waals surface area contributed by atoms with Gasteiger partial charge in [-0.2, -0.15) is 0 Å². The van der Waals surface area contributed by atoms with Gasteiger partial charge in [0.05, 0.1) is 0 Å². The van der Waals surface area contributed by atoms with Crippen LogP contribution in [0.4, 0.5) is 5.69 Å². The summed E-state index contributed by atoms with van der Waals surface area (Å²) in [6.45, 7) is 3.66. The van der Waals surface area contributed by atoms with E-state index >= 15 is 0 Å². The number of hydrogen-bond donors (Lipinski definition) is 1. The second kappa shape index (κ2) is 7.27. The van der Waals surface area contributed by atoms with Crippen molar-refractivity contribution in [2.24, 2.45) is 0 Å². The molecule has 1 amide bonds. The van der Waals surface area contributed by atoms with Crippen molar-refractivity contribution in [1.82, 2.24) is 0 Å². The molecule has 2 aromatic rings. The highest BCUT2D eigenvalue weighted by molar-refractivity contribution is 6.31. The maximum atomic E-state index is 12.5. The Morgan fingerprint density at radius 1 is 1.17 bits per heavy atom. The zero-order chi connectivity index (χ0) is 17.1. The van der Waals surface area contributed by atoms with Gasteiger partial charge in [0.1, 0.15) is 5.75 Å². The molecule has 3 nitrogen and oxygen atoms in total. The van der Waals surface area contributed by atoms with Gasteiger partial charge < -0.3 is 10.1 Å². The minimum atomic E-state index is -0.572. The highest BCUT2D eigenvalue weighted by atomic mass is 35.5. The Labute approximate surface area is 148 Å². The van der Waals surface area contributed by atoms with Crippen LogP contribution in [0.2, 0.25) is 5.02 Å². The smallest absolute Gasteiger partial charge is 0.265 e.